The number of ether oxygens (including phenoxy) is 1. The second-order valence-electron chi connectivity index (χ2n) is 4.96. The van der Waals surface area contributed by atoms with Gasteiger partial charge in [0.15, 0.2) is 6.10 Å². The van der Waals surface area contributed by atoms with Crippen molar-refractivity contribution in [1.82, 2.24) is 10.2 Å². The van der Waals surface area contributed by atoms with Crippen molar-refractivity contribution in [3.63, 3.8) is 0 Å². The lowest BCUT2D eigenvalue weighted by atomic mass is 10.2. The molecule has 1 aromatic heterocycles. The van der Waals surface area contributed by atoms with E-state index in [2.05, 4.69) is 10.2 Å². The van der Waals surface area contributed by atoms with E-state index in [0.717, 1.165) is 18.2 Å². The molecular weight excluding hydrogens is 318 g/mol. The lowest BCUT2D eigenvalue weighted by Gasteiger charge is -2.10. The fraction of sp³-hybridized carbons (Fsp3) is 0.118. The SMILES string of the molecule is C[C@H](OC(=O)c1c(F)cccc1F)c1nnc(-c2ccccc2)o1. The number of hydrogen-bond donors (Lipinski definition) is 0. The van der Waals surface area contributed by atoms with Crippen LogP contribution in [0.4, 0.5) is 8.78 Å². The molecular formula is C17H12F2N2O3. The van der Waals surface area contributed by atoms with E-state index in [1.165, 1.54) is 6.92 Å². The highest BCUT2D eigenvalue weighted by molar-refractivity contribution is 5.90. The van der Waals surface area contributed by atoms with E-state index in [1.807, 2.05) is 18.2 Å². The highest BCUT2D eigenvalue weighted by Crippen LogP contribution is 2.23. The molecule has 7 heteroatoms. The van der Waals surface area contributed by atoms with E-state index in [4.69, 9.17) is 9.15 Å². The number of nitrogens with zero attached hydrogens (tertiary/aromatic N) is 2. The van der Waals surface area contributed by atoms with Crippen molar-refractivity contribution in [3.05, 3.63) is 71.6 Å². The smallest absolute Gasteiger partial charge is 0.344 e. The van der Waals surface area contributed by atoms with Gasteiger partial charge in [0.05, 0.1) is 0 Å². The molecule has 0 aliphatic carbocycles. The van der Waals surface area contributed by atoms with Gasteiger partial charge in [-0.1, -0.05) is 24.3 Å². The molecule has 0 saturated heterocycles. The van der Waals surface area contributed by atoms with Crippen LogP contribution in [0, 0.1) is 11.6 Å². The quantitative estimate of drug-likeness (QED) is 0.678. The first-order valence-corrected chi connectivity index (χ1v) is 7.10. The van der Waals surface area contributed by atoms with Crippen LogP contribution in [0.5, 0.6) is 0 Å². The molecule has 2 aromatic carbocycles. The Morgan fingerprint density at radius 1 is 1.04 bits per heavy atom. The molecule has 0 bridgehead atoms. The van der Waals surface area contributed by atoms with E-state index in [-0.39, 0.29) is 11.8 Å². The zero-order valence-corrected chi connectivity index (χ0v) is 12.6. The molecule has 0 aliphatic rings. The summed E-state index contributed by atoms with van der Waals surface area (Å²) in [6, 6.07) is 12.1. The molecule has 0 N–H and O–H groups in total. The van der Waals surface area contributed by atoms with Gasteiger partial charge in [-0.2, -0.15) is 0 Å². The van der Waals surface area contributed by atoms with Crippen LogP contribution >= 0.6 is 0 Å². The lowest BCUT2D eigenvalue weighted by Crippen LogP contribution is -2.13. The van der Waals surface area contributed by atoms with E-state index in [0.29, 0.717) is 5.56 Å². The van der Waals surface area contributed by atoms with E-state index < -0.39 is 29.3 Å². The molecule has 0 aliphatic heterocycles. The number of carbonyl (C=O) groups excluding carboxylic acids is 1. The molecule has 5 nitrogen and oxygen atoms in total. The normalized spacial score (nSPS) is 12.0. The van der Waals surface area contributed by atoms with Gasteiger partial charge in [0.25, 0.3) is 5.89 Å². The minimum Gasteiger partial charge on any atom is -0.449 e. The van der Waals surface area contributed by atoms with Crippen molar-refractivity contribution in [2.45, 2.75) is 13.0 Å². The first-order chi connectivity index (χ1) is 11.6. The van der Waals surface area contributed by atoms with Gasteiger partial charge in [0.2, 0.25) is 5.89 Å². The van der Waals surface area contributed by atoms with Gasteiger partial charge in [-0.15, -0.1) is 10.2 Å². The topological polar surface area (TPSA) is 65.2 Å². The summed E-state index contributed by atoms with van der Waals surface area (Å²) in [5.41, 5.74) is -0.0536. The van der Waals surface area contributed by atoms with Crippen molar-refractivity contribution in [1.29, 1.82) is 0 Å². The number of rotatable bonds is 4. The second-order valence-corrected chi connectivity index (χ2v) is 4.96. The van der Waals surface area contributed by atoms with Crippen LogP contribution in [-0.2, 0) is 4.74 Å². The molecule has 3 aromatic rings. The van der Waals surface area contributed by atoms with Crippen molar-refractivity contribution >= 4 is 5.97 Å². The zero-order chi connectivity index (χ0) is 17.1. The highest BCUT2D eigenvalue weighted by atomic mass is 19.1. The largest absolute Gasteiger partial charge is 0.449 e. The summed E-state index contributed by atoms with van der Waals surface area (Å²) in [5.74, 6) is -2.85. The van der Waals surface area contributed by atoms with E-state index in [9.17, 15) is 13.6 Å². The first kappa shape index (κ1) is 15.8. The summed E-state index contributed by atoms with van der Waals surface area (Å²) in [5, 5.41) is 7.67. The third-order valence-electron chi connectivity index (χ3n) is 3.26. The molecule has 24 heavy (non-hydrogen) atoms. The number of esters is 1. The monoisotopic (exact) mass is 330 g/mol. The Morgan fingerprint density at radius 2 is 1.71 bits per heavy atom. The van der Waals surface area contributed by atoms with Crippen LogP contribution in [-0.4, -0.2) is 16.2 Å². The third kappa shape index (κ3) is 3.15. The Kier molecular flexibility index (Phi) is 4.33. The summed E-state index contributed by atoms with van der Waals surface area (Å²) >= 11 is 0. The van der Waals surface area contributed by atoms with Gasteiger partial charge in [-0.3, -0.25) is 0 Å². The van der Waals surface area contributed by atoms with Gasteiger partial charge < -0.3 is 9.15 Å². The minimum absolute atomic E-state index is 0.0268. The molecule has 3 rings (SSSR count). The van der Waals surface area contributed by atoms with Gasteiger partial charge in [-0.25, -0.2) is 13.6 Å². The molecule has 1 atom stereocenters. The average molecular weight is 330 g/mol. The Balaban J connectivity index is 1.77. The third-order valence-corrected chi connectivity index (χ3v) is 3.26. The van der Waals surface area contributed by atoms with Crippen LogP contribution in [0.1, 0.15) is 29.3 Å². The van der Waals surface area contributed by atoms with Crippen LogP contribution in [0.2, 0.25) is 0 Å². The molecule has 1 heterocycles. The van der Waals surface area contributed by atoms with Gasteiger partial charge in [-0.05, 0) is 31.2 Å². The highest BCUT2D eigenvalue weighted by Gasteiger charge is 2.24. The maximum absolute atomic E-state index is 13.6. The number of carbonyl (C=O) groups is 1. The molecule has 0 amide bonds. The zero-order valence-electron chi connectivity index (χ0n) is 12.6. The lowest BCUT2D eigenvalue weighted by molar-refractivity contribution is 0.0269. The van der Waals surface area contributed by atoms with Gasteiger partial charge in [0.1, 0.15) is 17.2 Å². The molecule has 0 unspecified atom stereocenters. The predicted octanol–water partition coefficient (Wildman–Crippen LogP) is 3.93. The van der Waals surface area contributed by atoms with Crippen molar-refractivity contribution < 1.29 is 22.7 Å². The maximum atomic E-state index is 13.6. The van der Waals surface area contributed by atoms with Crippen LogP contribution < -0.4 is 0 Å². The second kappa shape index (κ2) is 6.57. The van der Waals surface area contributed by atoms with Crippen molar-refractivity contribution in [2.24, 2.45) is 0 Å². The van der Waals surface area contributed by atoms with E-state index in [1.54, 1.807) is 12.1 Å². The predicted molar refractivity (Wildman–Crippen MR) is 79.9 cm³/mol. The number of benzene rings is 2. The molecule has 122 valence electrons. The molecule has 0 fully saturated rings. The molecule has 0 spiro atoms. The van der Waals surface area contributed by atoms with Crippen LogP contribution in [0.3, 0.4) is 0 Å². The average Bonchev–Trinajstić information content (AvgIpc) is 3.05. The Hall–Kier alpha value is -3.09. The number of halogens is 2. The number of hydrogen-bond acceptors (Lipinski definition) is 5. The fourth-order valence-corrected chi connectivity index (χ4v) is 2.06. The summed E-state index contributed by atoms with van der Waals surface area (Å²) in [6.07, 6.45) is -0.957. The minimum atomic E-state index is -1.14. The standard InChI is InChI=1S/C17H12F2N2O3/c1-10(23-17(22)14-12(18)8-5-9-13(14)19)15-20-21-16(24-15)11-6-3-2-4-7-11/h2-10H,1H3/t10-/m0/s1. The number of aromatic nitrogens is 2. The Bertz CT molecular complexity index is 845. The van der Waals surface area contributed by atoms with Crippen molar-refractivity contribution in [2.75, 3.05) is 0 Å². The molecule has 0 saturated carbocycles. The first-order valence-electron chi connectivity index (χ1n) is 7.10. The fourth-order valence-electron chi connectivity index (χ4n) is 2.06. The van der Waals surface area contributed by atoms with Gasteiger partial charge >= 0.3 is 5.97 Å². The van der Waals surface area contributed by atoms with E-state index >= 15 is 0 Å². The van der Waals surface area contributed by atoms with Crippen LogP contribution in [0.25, 0.3) is 11.5 Å². The molecule has 0 radical (unpaired) electrons. The summed E-state index contributed by atoms with van der Waals surface area (Å²) < 4.78 is 37.6. The summed E-state index contributed by atoms with van der Waals surface area (Å²) in [6.45, 7) is 1.47. The van der Waals surface area contributed by atoms with Crippen LogP contribution in [0.15, 0.2) is 52.9 Å². The van der Waals surface area contributed by atoms with Crippen molar-refractivity contribution in [3.8, 4) is 11.5 Å². The maximum Gasteiger partial charge on any atom is 0.344 e. The summed E-state index contributed by atoms with van der Waals surface area (Å²) in [7, 11) is 0. The summed E-state index contributed by atoms with van der Waals surface area (Å²) in [4.78, 5) is 12.0. The van der Waals surface area contributed by atoms with Gasteiger partial charge in [0, 0.05) is 5.56 Å². The Morgan fingerprint density at radius 3 is 2.38 bits per heavy atom. The Labute approximate surface area is 135 Å².